The van der Waals surface area contributed by atoms with Crippen LogP contribution in [0.2, 0.25) is 0 Å². The first-order chi connectivity index (χ1) is 34.5. The molecule has 0 aromatic carbocycles. The highest BCUT2D eigenvalue weighted by atomic mass is 16.6. The largest absolute Gasteiger partial charge is 0.462 e. The van der Waals surface area contributed by atoms with E-state index in [1.807, 2.05) is 0 Å². The minimum Gasteiger partial charge on any atom is -0.462 e. The number of rotatable bonds is 58. The van der Waals surface area contributed by atoms with Gasteiger partial charge < -0.3 is 14.2 Å². The van der Waals surface area contributed by atoms with Gasteiger partial charge in [-0.1, -0.05) is 302 Å². The van der Waals surface area contributed by atoms with Gasteiger partial charge in [-0.2, -0.15) is 0 Å². The summed E-state index contributed by atoms with van der Waals surface area (Å²) >= 11 is 0. The second-order valence-electron chi connectivity index (χ2n) is 21.3. The maximum absolute atomic E-state index is 12.9. The Morgan fingerprint density at radius 1 is 0.286 bits per heavy atom. The molecule has 0 aromatic rings. The lowest BCUT2D eigenvalue weighted by Gasteiger charge is -2.18. The minimum atomic E-state index is -0.773. The monoisotopic (exact) mass is 985 g/mol. The number of allylic oxidation sites excluding steroid dienone is 4. The Bertz CT molecular complexity index is 1130. The van der Waals surface area contributed by atoms with Crippen molar-refractivity contribution in [1.29, 1.82) is 0 Å². The van der Waals surface area contributed by atoms with Gasteiger partial charge in [0, 0.05) is 19.3 Å². The molecule has 0 N–H and O–H groups in total. The molecule has 0 fully saturated rings. The maximum atomic E-state index is 12.9. The van der Waals surface area contributed by atoms with Crippen LogP contribution < -0.4 is 0 Å². The van der Waals surface area contributed by atoms with Crippen LogP contribution in [0.1, 0.15) is 348 Å². The summed E-state index contributed by atoms with van der Waals surface area (Å²) in [6.45, 7) is 6.67. The molecule has 0 aliphatic heterocycles. The number of unbranched alkanes of at least 4 members (excludes halogenated alkanes) is 43. The van der Waals surface area contributed by atoms with Gasteiger partial charge in [-0.3, -0.25) is 14.4 Å². The van der Waals surface area contributed by atoms with Crippen LogP contribution in [0, 0.1) is 0 Å². The third kappa shape index (κ3) is 56.8. The van der Waals surface area contributed by atoms with Crippen molar-refractivity contribution in [3.63, 3.8) is 0 Å². The third-order valence-electron chi connectivity index (χ3n) is 14.2. The SMILES string of the molecule is CCCCC/C=C/C/C=C/CCCCCCCC(=O)OC[C@H](COC(=O)CCCCCCCCCCCCCCCCCCCCC)OC(=O)CCCCCCCCCCCCCCCCCCCC. The molecule has 0 saturated heterocycles. The Hall–Kier alpha value is -2.11. The van der Waals surface area contributed by atoms with E-state index in [1.54, 1.807) is 0 Å². The van der Waals surface area contributed by atoms with Gasteiger partial charge in [-0.05, 0) is 51.4 Å². The van der Waals surface area contributed by atoms with Crippen molar-refractivity contribution < 1.29 is 28.6 Å². The summed E-state index contributed by atoms with van der Waals surface area (Å²) in [6, 6.07) is 0. The van der Waals surface area contributed by atoms with Gasteiger partial charge in [0.25, 0.3) is 0 Å². The van der Waals surface area contributed by atoms with E-state index in [0.29, 0.717) is 19.3 Å². The van der Waals surface area contributed by atoms with Gasteiger partial charge in [0.15, 0.2) is 6.10 Å². The molecule has 0 rings (SSSR count). The number of hydrogen-bond donors (Lipinski definition) is 0. The molecule has 412 valence electrons. The zero-order chi connectivity index (χ0) is 50.7. The van der Waals surface area contributed by atoms with Crippen molar-refractivity contribution in [1.82, 2.24) is 0 Å². The molecule has 70 heavy (non-hydrogen) atoms. The summed E-state index contributed by atoms with van der Waals surface area (Å²) in [4.78, 5) is 38.3. The smallest absolute Gasteiger partial charge is 0.306 e. The fraction of sp³-hybridized carbons (Fsp3) is 0.891. The Morgan fingerprint density at radius 3 is 0.814 bits per heavy atom. The lowest BCUT2D eigenvalue weighted by atomic mass is 10.0. The molecule has 0 aliphatic rings. The zero-order valence-electron chi connectivity index (χ0n) is 47.3. The van der Waals surface area contributed by atoms with E-state index >= 15 is 0 Å². The van der Waals surface area contributed by atoms with Gasteiger partial charge in [0.2, 0.25) is 0 Å². The highest BCUT2D eigenvalue weighted by Gasteiger charge is 2.19. The minimum absolute atomic E-state index is 0.0696. The average Bonchev–Trinajstić information content (AvgIpc) is 3.36. The van der Waals surface area contributed by atoms with Gasteiger partial charge in [0.1, 0.15) is 13.2 Å². The fourth-order valence-corrected chi connectivity index (χ4v) is 9.48. The summed E-state index contributed by atoms with van der Waals surface area (Å²) < 4.78 is 16.9. The molecule has 0 aliphatic carbocycles. The molecule has 6 heteroatoms. The topological polar surface area (TPSA) is 78.9 Å². The highest BCUT2D eigenvalue weighted by Crippen LogP contribution is 2.18. The molecule has 0 amide bonds. The van der Waals surface area contributed by atoms with Crippen LogP contribution >= 0.6 is 0 Å². The lowest BCUT2D eigenvalue weighted by molar-refractivity contribution is -0.167. The van der Waals surface area contributed by atoms with Crippen LogP contribution in [0.25, 0.3) is 0 Å². The van der Waals surface area contributed by atoms with Crippen LogP contribution in [0.5, 0.6) is 0 Å². The second kappa shape index (κ2) is 59.5. The van der Waals surface area contributed by atoms with Gasteiger partial charge in [-0.25, -0.2) is 0 Å². The number of esters is 3. The van der Waals surface area contributed by atoms with Crippen LogP contribution in [-0.4, -0.2) is 37.2 Å². The number of hydrogen-bond acceptors (Lipinski definition) is 6. The first-order valence-corrected chi connectivity index (χ1v) is 31.3. The van der Waals surface area contributed by atoms with E-state index in [-0.39, 0.29) is 31.1 Å². The molecular weight excluding hydrogens is 865 g/mol. The van der Waals surface area contributed by atoms with Crippen molar-refractivity contribution in [3.8, 4) is 0 Å². The van der Waals surface area contributed by atoms with Crippen molar-refractivity contribution in [3.05, 3.63) is 24.3 Å². The quantitative estimate of drug-likeness (QED) is 0.0261. The van der Waals surface area contributed by atoms with Crippen LogP contribution in [0.4, 0.5) is 0 Å². The van der Waals surface area contributed by atoms with E-state index in [9.17, 15) is 14.4 Å². The standard InChI is InChI=1S/C64H120O6/c1-4-7-10-13-16-19-22-25-28-30-32-34-36-39-42-45-48-51-54-57-63(66)69-60-61(59-68-62(65)56-53-50-47-44-41-38-35-27-24-21-18-15-12-9-6-3)70-64(67)58-55-52-49-46-43-40-37-33-31-29-26-23-20-17-14-11-8-5-2/h18,21,27,35,61H,4-17,19-20,22-26,28-34,36-60H2,1-3H3/b21-18+,35-27+/t61-/m1/s1. The molecule has 1 atom stereocenters. The Balaban J connectivity index is 4.31. The van der Waals surface area contributed by atoms with Gasteiger partial charge >= 0.3 is 17.9 Å². The second-order valence-corrected chi connectivity index (χ2v) is 21.3. The van der Waals surface area contributed by atoms with Crippen molar-refractivity contribution >= 4 is 17.9 Å². The predicted molar refractivity (Wildman–Crippen MR) is 303 cm³/mol. The van der Waals surface area contributed by atoms with E-state index in [4.69, 9.17) is 14.2 Å². The molecule has 6 nitrogen and oxygen atoms in total. The molecule has 0 aromatic heterocycles. The van der Waals surface area contributed by atoms with E-state index < -0.39 is 6.10 Å². The number of carbonyl (C=O) groups excluding carboxylic acids is 3. The first kappa shape index (κ1) is 67.9. The van der Waals surface area contributed by atoms with Crippen LogP contribution in [-0.2, 0) is 28.6 Å². The summed E-state index contributed by atoms with van der Waals surface area (Å²) in [5.41, 5.74) is 0. The Kier molecular flexibility index (Phi) is 57.7. The van der Waals surface area contributed by atoms with E-state index in [1.165, 1.54) is 231 Å². The van der Waals surface area contributed by atoms with Crippen LogP contribution in [0.15, 0.2) is 24.3 Å². The molecular formula is C64H120O6. The molecule has 0 saturated carbocycles. The van der Waals surface area contributed by atoms with Gasteiger partial charge in [0.05, 0.1) is 0 Å². The molecule has 0 radical (unpaired) electrons. The number of ether oxygens (including phenoxy) is 3. The van der Waals surface area contributed by atoms with Crippen molar-refractivity contribution in [2.75, 3.05) is 13.2 Å². The summed E-state index contributed by atoms with van der Waals surface area (Å²) in [7, 11) is 0. The summed E-state index contributed by atoms with van der Waals surface area (Å²) in [5, 5.41) is 0. The Labute approximate surface area is 436 Å². The van der Waals surface area contributed by atoms with E-state index in [2.05, 4.69) is 45.1 Å². The molecule has 0 unspecified atom stereocenters. The normalized spacial score (nSPS) is 12.1. The van der Waals surface area contributed by atoms with Crippen LogP contribution in [0.3, 0.4) is 0 Å². The van der Waals surface area contributed by atoms with E-state index in [0.717, 1.165) is 77.0 Å². The molecule has 0 bridgehead atoms. The lowest BCUT2D eigenvalue weighted by Crippen LogP contribution is -2.30. The predicted octanol–water partition coefficient (Wildman–Crippen LogP) is 21.1. The zero-order valence-corrected chi connectivity index (χ0v) is 47.3. The molecule has 0 heterocycles. The van der Waals surface area contributed by atoms with Gasteiger partial charge in [-0.15, -0.1) is 0 Å². The first-order valence-electron chi connectivity index (χ1n) is 31.3. The maximum Gasteiger partial charge on any atom is 0.306 e. The Morgan fingerprint density at radius 2 is 0.514 bits per heavy atom. The van der Waals surface area contributed by atoms with Crippen molar-refractivity contribution in [2.24, 2.45) is 0 Å². The average molecular weight is 986 g/mol. The van der Waals surface area contributed by atoms with Crippen molar-refractivity contribution in [2.45, 2.75) is 354 Å². The third-order valence-corrected chi connectivity index (χ3v) is 14.2. The summed E-state index contributed by atoms with van der Waals surface area (Å²) in [6.07, 6.45) is 70.3. The fourth-order valence-electron chi connectivity index (χ4n) is 9.48. The number of carbonyl (C=O) groups is 3. The highest BCUT2D eigenvalue weighted by molar-refractivity contribution is 5.71. The summed E-state index contributed by atoms with van der Waals surface area (Å²) in [5.74, 6) is -0.857. The molecule has 0 spiro atoms.